The fraction of sp³-hybridized carbons (Fsp3) is 1.00. The van der Waals surface area contributed by atoms with Gasteiger partial charge >= 0.3 is 0 Å². The molecule has 0 aromatic carbocycles. The monoisotopic (exact) mass is 162 g/mol. The van der Waals surface area contributed by atoms with Crippen LogP contribution in [0.3, 0.4) is 0 Å². The van der Waals surface area contributed by atoms with Gasteiger partial charge in [0.25, 0.3) is 0 Å². The zero-order valence-electron chi connectivity index (χ0n) is 7.29. The number of hydrogen-bond donors (Lipinski definition) is 2. The zero-order chi connectivity index (χ0) is 8.69. The Bertz CT molecular complexity index is 75.4. The Morgan fingerprint density at radius 2 is 2.09 bits per heavy atom. The van der Waals surface area contributed by atoms with Crippen molar-refractivity contribution in [2.24, 2.45) is 0 Å². The summed E-state index contributed by atoms with van der Waals surface area (Å²) < 4.78 is 5.29. The first-order valence-electron chi connectivity index (χ1n) is 4.11. The van der Waals surface area contributed by atoms with Crippen LogP contribution in [0.5, 0.6) is 0 Å². The van der Waals surface area contributed by atoms with Crippen LogP contribution in [0.15, 0.2) is 0 Å². The first-order valence-corrected chi connectivity index (χ1v) is 4.11. The highest BCUT2D eigenvalue weighted by atomic mass is 16.5. The normalized spacial score (nSPS) is 16.4. The third-order valence-electron chi connectivity index (χ3n) is 1.64. The Kier molecular flexibility index (Phi) is 6.51. The second kappa shape index (κ2) is 6.58. The molecule has 0 spiro atoms. The van der Waals surface area contributed by atoms with E-state index >= 15 is 0 Å². The van der Waals surface area contributed by atoms with Gasteiger partial charge in [-0.3, -0.25) is 0 Å². The number of aliphatic hydroxyl groups is 2. The number of rotatable bonds is 6. The first kappa shape index (κ1) is 10.9. The van der Waals surface area contributed by atoms with E-state index in [1.165, 1.54) is 0 Å². The van der Waals surface area contributed by atoms with Crippen molar-refractivity contribution in [3.05, 3.63) is 0 Å². The molecule has 3 nitrogen and oxygen atoms in total. The summed E-state index contributed by atoms with van der Waals surface area (Å²) in [5, 5.41) is 17.4. The Labute approximate surface area is 68.0 Å². The standard InChI is InChI=1S/C8H18O3/c1-3-7(2)11-5-4-8(10)6-9/h7-10H,3-6H2,1-2H3. The van der Waals surface area contributed by atoms with E-state index < -0.39 is 6.10 Å². The van der Waals surface area contributed by atoms with Crippen LogP contribution in [0.1, 0.15) is 26.7 Å². The van der Waals surface area contributed by atoms with Crippen LogP contribution in [0, 0.1) is 0 Å². The topological polar surface area (TPSA) is 49.7 Å². The lowest BCUT2D eigenvalue weighted by Crippen LogP contribution is -2.17. The minimum absolute atomic E-state index is 0.177. The maximum atomic E-state index is 8.91. The molecule has 0 saturated heterocycles. The van der Waals surface area contributed by atoms with Gasteiger partial charge in [-0.15, -0.1) is 0 Å². The largest absolute Gasteiger partial charge is 0.394 e. The molecule has 0 aliphatic heterocycles. The molecule has 0 aliphatic carbocycles. The van der Waals surface area contributed by atoms with Crippen molar-refractivity contribution in [2.45, 2.75) is 38.9 Å². The fourth-order valence-corrected chi connectivity index (χ4v) is 0.614. The first-order chi connectivity index (χ1) is 5.20. The Hall–Kier alpha value is -0.120. The van der Waals surface area contributed by atoms with E-state index in [1.54, 1.807) is 0 Å². The predicted octanol–water partition coefficient (Wildman–Crippen LogP) is 0.545. The van der Waals surface area contributed by atoms with Gasteiger partial charge in [-0.05, 0) is 19.8 Å². The van der Waals surface area contributed by atoms with Crippen LogP contribution in [0.2, 0.25) is 0 Å². The summed E-state index contributed by atoms with van der Waals surface area (Å²) in [6.45, 7) is 4.39. The molecule has 0 amide bonds. The van der Waals surface area contributed by atoms with Crippen LogP contribution in [-0.4, -0.2) is 35.6 Å². The van der Waals surface area contributed by atoms with E-state index in [4.69, 9.17) is 14.9 Å². The van der Waals surface area contributed by atoms with Crippen molar-refractivity contribution >= 4 is 0 Å². The molecule has 11 heavy (non-hydrogen) atoms. The summed E-state index contributed by atoms with van der Waals surface area (Å²) in [7, 11) is 0. The highest BCUT2D eigenvalue weighted by Gasteiger charge is 2.03. The lowest BCUT2D eigenvalue weighted by atomic mass is 10.3. The maximum Gasteiger partial charge on any atom is 0.0792 e. The minimum Gasteiger partial charge on any atom is -0.394 e. The molecule has 2 unspecified atom stereocenters. The van der Waals surface area contributed by atoms with Gasteiger partial charge in [-0.2, -0.15) is 0 Å². The minimum atomic E-state index is -0.626. The van der Waals surface area contributed by atoms with Crippen LogP contribution >= 0.6 is 0 Å². The second-order valence-corrected chi connectivity index (χ2v) is 2.71. The van der Waals surface area contributed by atoms with Gasteiger partial charge in [0.1, 0.15) is 0 Å². The summed E-state index contributed by atoms with van der Waals surface area (Å²) in [6, 6.07) is 0. The van der Waals surface area contributed by atoms with Crippen LogP contribution in [-0.2, 0) is 4.74 Å². The van der Waals surface area contributed by atoms with Gasteiger partial charge in [0.15, 0.2) is 0 Å². The lowest BCUT2D eigenvalue weighted by Gasteiger charge is -2.11. The zero-order valence-corrected chi connectivity index (χ0v) is 7.29. The molecule has 0 fully saturated rings. The molecule has 68 valence electrons. The van der Waals surface area contributed by atoms with Crippen molar-refractivity contribution < 1.29 is 14.9 Å². The maximum absolute atomic E-state index is 8.91. The van der Waals surface area contributed by atoms with E-state index in [-0.39, 0.29) is 12.7 Å². The van der Waals surface area contributed by atoms with Gasteiger partial charge in [-0.1, -0.05) is 6.92 Å². The Morgan fingerprint density at radius 3 is 2.55 bits per heavy atom. The van der Waals surface area contributed by atoms with Crippen molar-refractivity contribution in [3.8, 4) is 0 Å². The fourth-order valence-electron chi connectivity index (χ4n) is 0.614. The molecule has 0 radical (unpaired) electrons. The van der Waals surface area contributed by atoms with E-state index in [0.29, 0.717) is 13.0 Å². The molecule has 0 aliphatic rings. The van der Waals surface area contributed by atoms with Crippen molar-refractivity contribution in [2.75, 3.05) is 13.2 Å². The number of aliphatic hydroxyl groups excluding tert-OH is 2. The third kappa shape index (κ3) is 6.28. The van der Waals surface area contributed by atoms with Gasteiger partial charge in [0.2, 0.25) is 0 Å². The average Bonchev–Trinajstić information content (AvgIpc) is 2.04. The van der Waals surface area contributed by atoms with Gasteiger partial charge in [0, 0.05) is 6.61 Å². The average molecular weight is 162 g/mol. The molecule has 0 rings (SSSR count). The van der Waals surface area contributed by atoms with E-state index in [2.05, 4.69) is 0 Å². The molecule has 3 heteroatoms. The Balaban J connectivity index is 3.13. The van der Waals surface area contributed by atoms with Crippen molar-refractivity contribution in [1.29, 1.82) is 0 Å². The molecule has 0 aromatic heterocycles. The summed E-state index contributed by atoms with van der Waals surface area (Å²) in [5.74, 6) is 0. The molecular formula is C8H18O3. The smallest absolute Gasteiger partial charge is 0.0792 e. The van der Waals surface area contributed by atoms with E-state index in [9.17, 15) is 0 Å². The molecule has 0 saturated carbocycles. The van der Waals surface area contributed by atoms with Crippen LogP contribution in [0.4, 0.5) is 0 Å². The molecule has 0 heterocycles. The summed E-state index contributed by atoms with van der Waals surface area (Å²) in [4.78, 5) is 0. The van der Waals surface area contributed by atoms with Gasteiger partial charge in [0.05, 0.1) is 18.8 Å². The van der Waals surface area contributed by atoms with Crippen molar-refractivity contribution in [1.82, 2.24) is 0 Å². The Morgan fingerprint density at radius 1 is 1.45 bits per heavy atom. The summed E-state index contributed by atoms with van der Waals surface area (Å²) in [5.41, 5.74) is 0. The summed E-state index contributed by atoms with van der Waals surface area (Å²) in [6.07, 6.45) is 1.12. The highest BCUT2D eigenvalue weighted by molar-refractivity contribution is 4.52. The molecular weight excluding hydrogens is 144 g/mol. The van der Waals surface area contributed by atoms with Gasteiger partial charge in [-0.25, -0.2) is 0 Å². The van der Waals surface area contributed by atoms with Crippen molar-refractivity contribution in [3.63, 3.8) is 0 Å². The second-order valence-electron chi connectivity index (χ2n) is 2.71. The predicted molar refractivity (Wildman–Crippen MR) is 43.4 cm³/mol. The molecule has 0 aromatic rings. The highest BCUT2D eigenvalue weighted by Crippen LogP contribution is 1.98. The van der Waals surface area contributed by atoms with Crippen LogP contribution < -0.4 is 0 Å². The summed E-state index contributed by atoms with van der Waals surface area (Å²) >= 11 is 0. The third-order valence-corrected chi connectivity index (χ3v) is 1.64. The molecule has 0 bridgehead atoms. The van der Waals surface area contributed by atoms with Gasteiger partial charge < -0.3 is 14.9 Å². The number of ether oxygens (including phenoxy) is 1. The number of hydrogen-bond acceptors (Lipinski definition) is 3. The van der Waals surface area contributed by atoms with E-state index in [0.717, 1.165) is 6.42 Å². The molecule has 2 atom stereocenters. The van der Waals surface area contributed by atoms with Crippen LogP contribution in [0.25, 0.3) is 0 Å². The SMILES string of the molecule is CCC(C)OCCC(O)CO. The van der Waals surface area contributed by atoms with E-state index in [1.807, 2.05) is 13.8 Å². The lowest BCUT2D eigenvalue weighted by molar-refractivity contribution is 0.0196. The molecule has 2 N–H and O–H groups in total. The quantitative estimate of drug-likeness (QED) is 0.599.